The number of carbonyl (C=O) groups excluding carboxylic acids is 1. The maximum atomic E-state index is 13.2. The van der Waals surface area contributed by atoms with E-state index >= 15 is 0 Å². The van der Waals surface area contributed by atoms with Gasteiger partial charge in [0.1, 0.15) is 5.58 Å². The van der Waals surface area contributed by atoms with E-state index < -0.39 is 5.97 Å². The SMILES string of the molecule is Cc1ccc2c(=O)c(OC(=O)c3ccc(C(C)(C)C)cc3)c(-c3ccccc3)oc2c1. The molecule has 0 unspecified atom stereocenters. The van der Waals surface area contributed by atoms with E-state index in [-0.39, 0.29) is 22.4 Å². The van der Waals surface area contributed by atoms with E-state index in [1.54, 1.807) is 24.3 Å². The van der Waals surface area contributed by atoms with Crippen LogP contribution in [0.25, 0.3) is 22.3 Å². The van der Waals surface area contributed by atoms with Crippen LogP contribution in [0.1, 0.15) is 42.3 Å². The summed E-state index contributed by atoms with van der Waals surface area (Å²) in [5, 5.41) is 0.371. The summed E-state index contributed by atoms with van der Waals surface area (Å²) >= 11 is 0. The Morgan fingerprint density at radius 2 is 1.58 bits per heavy atom. The lowest BCUT2D eigenvalue weighted by Gasteiger charge is -2.19. The van der Waals surface area contributed by atoms with Gasteiger partial charge in [0.15, 0.2) is 5.76 Å². The number of ether oxygens (including phenoxy) is 1. The molecule has 0 saturated carbocycles. The summed E-state index contributed by atoms with van der Waals surface area (Å²) in [7, 11) is 0. The molecular formula is C27H24O4. The Kier molecular flexibility index (Phi) is 5.24. The van der Waals surface area contributed by atoms with Crippen molar-refractivity contribution < 1.29 is 13.9 Å². The second kappa shape index (κ2) is 7.88. The summed E-state index contributed by atoms with van der Waals surface area (Å²) < 4.78 is 11.7. The molecule has 3 aromatic carbocycles. The Morgan fingerprint density at radius 3 is 2.23 bits per heavy atom. The molecule has 0 aliphatic heterocycles. The number of hydrogen-bond acceptors (Lipinski definition) is 4. The van der Waals surface area contributed by atoms with Gasteiger partial charge in [-0.3, -0.25) is 4.79 Å². The average molecular weight is 412 g/mol. The highest BCUT2D eigenvalue weighted by Crippen LogP contribution is 2.32. The molecule has 0 aliphatic rings. The van der Waals surface area contributed by atoms with Crippen molar-refractivity contribution in [1.82, 2.24) is 0 Å². The van der Waals surface area contributed by atoms with Crippen LogP contribution >= 0.6 is 0 Å². The molecule has 4 nitrogen and oxygen atoms in total. The Hall–Kier alpha value is -3.66. The third kappa shape index (κ3) is 4.15. The molecule has 0 amide bonds. The number of aryl methyl sites for hydroxylation is 1. The molecule has 4 rings (SSSR count). The summed E-state index contributed by atoms with van der Waals surface area (Å²) in [6.45, 7) is 8.24. The summed E-state index contributed by atoms with van der Waals surface area (Å²) in [6.07, 6.45) is 0. The fraction of sp³-hybridized carbons (Fsp3) is 0.185. The van der Waals surface area contributed by atoms with Gasteiger partial charge in [-0.05, 0) is 47.7 Å². The molecule has 31 heavy (non-hydrogen) atoms. The van der Waals surface area contributed by atoms with Crippen molar-refractivity contribution in [3.8, 4) is 17.1 Å². The monoisotopic (exact) mass is 412 g/mol. The zero-order chi connectivity index (χ0) is 22.2. The van der Waals surface area contributed by atoms with Crippen LogP contribution < -0.4 is 10.2 Å². The molecule has 0 aliphatic carbocycles. The first-order chi connectivity index (χ1) is 14.7. The molecule has 0 atom stereocenters. The third-order valence-electron chi connectivity index (χ3n) is 5.22. The Bertz CT molecular complexity index is 1310. The predicted molar refractivity (Wildman–Crippen MR) is 123 cm³/mol. The fourth-order valence-corrected chi connectivity index (χ4v) is 3.41. The van der Waals surface area contributed by atoms with E-state index in [0.29, 0.717) is 22.1 Å². The van der Waals surface area contributed by atoms with Gasteiger partial charge in [-0.15, -0.1) is 0 Å². The normalized spacial score (nSPS) is 11.5. The minimum atomic E-state index is -0.601. The highest BCUT2D eigenvalue weighted by molar-refractivity contribution is 5.93. The summed E-state index contributed by atoms with van der Waals surface area (Å²) in [5.74, 6) is -0.466. The molecule has 0 bridgehead atoms. The van der Waals surface area contributed by atoms with Crippen LogP contribution in [0.4, 0.5) is 0 Å². The van der Waals surface area contributed by atoms with Crippen LogP contribution in [-0.4, -0.2) is 5.97 Å². The molecule has 0 N–H and O–H groups in total. The number of rotatable bonds is 3. The van der Waals surface area contributed by atoms with E-state index in [9.17, 15) is 9.59 Å². The lowest BCUT2D eigenvalue weighted by atomic mass is 9.87. The van der Waals surface area contributed by atoms with E-state index in [4.69, 9.17) is 9.15 Å². The molecular weight excluding hydrogens is 388 g/mol. The van der Waals surface area contributed by atoms with Crippen molar-refractivity contribution in [2.24, 2.45) is 0 Å². The van der Waals surface area contributed by atoms with E-state index in [1.165, 1.54) is 0 Å². The first-order valence-corrected chi connectivity index (χ1v) is 10.2. The quantitative estimate of drug-likeness (QED) is 0.371. The maximum absolute atomic E-state index is 13.2. The number of benzene rings is 3. The minimum Gasteiger partial charge on any atom is -0.452 e. The zero-order valence-corrected chi connectivity index (χ0v) is 18.1. The van der Waals surface area contributed by atoms with Gasteiger partial charge < -0.3 is 9.15 Å². The van der Waals surface area contributed by atoms with E-state index in [2.05, 4.69) is 20.8 Å². The molecule has 0 saturated heterocycles. The second-order valence-electron chi connectivity index (χ2n) is 8.67. The van der Waals surface area contributed by atoms with E-state index in [1.807, 2.05) is 55.5 Å². The third-order valence-corrected chi connectivity index (χ3v) is 5.22. The molecule has 0 spiro atoms. The van der Waals surface area contributed by atoms with Gasteiger partial charge in [-0.1, -0.05) is 69.3 Å². The molecule has 1 aromatic heterocycles. The maximum Gasteiger partial charge on any atom is 0.343 e. The summed E-state index contributed by atoms with van der Waals surface area (Å²) in [6, 6.07) is 21.8. The van der Waals surface area contributed by atoms with Crippen LogP contribution in [0.15, 0.2) is 82.0 Å². The molecule has 0 fully saturated rings. The number of fused-ring (bicyclic) bond motifs is 1. The summed E-state index contributed by atoms with van der Waals surface area (Å²) in [5.41, 5.74) is 3.16. The molecule has 156 valence electrons. The Balaban J connectivity index is 1.81. The van der Waals surface area contributed by atoms with Gasteiger partial charge in [-0.25, -0.2) is 4.79 Å². The van der Waals surface area contributed by atoms with Crippen molar-refractivity contribution in [3.05, 3.63) is 99.7 Å². The van der Waals surface area contributed by atoms with Crippen molar-refractivity contribution in [3.63, 3.8) is 0 Å². The Labute approximate surface area is 181 Å². The van der Waals surface area contributed by atoms with Gasteiger partial charge in [0.05, 0.1) is 10.9 Å². The largest absolute Gasteiger partial charge is 0.452 e. The van der Waals surface area contributed by atoms with Gasteiger partial charge in [0.2, 0.25) is 11.2 Å². The van der Waals surface area contributed by atoms with Crippen molar-refractivity contribution in [2.75, 3.05) is 0 Å². The van der Waals surface area contributed by atoms with Gasteiger partial charge in [-0.2, -0.15) is 0 Å². The molecule has 4 aromatic rings. The van der Waals surface area contributed by atoms with Gasteiger partial charge >= 0.3 is 5.97 Å². The first-order valence-electron chi connectivity index (χ1n) is 10.2. The number of hydrogen-bond donors (Lipinski definition) is 0. The highest BCUT2D eigenvalue weighted by atomic mass is 16.5. The van der Waals surface area contributed by atoms with Crippen molar-refractivity contribution in [2.45, 2.75) is 33.1 Å². The van der Waals surface area contributed by atoms with Crippen LogP contribution in [-0.2, 0) is 5.41 Å². The van der Waals surface area contributed by atoms with Crippen molar-refractivity contribution >= 4 is 16.9 Å². The average Bonchev–Trinajstić information content (AvgIpc) is 2.75. The summed E-state index contributed by atoms with van der Waals surface area (Å²) in [4.78, 5) is 26.1. The lowest BCUT2D eigenvalue weighted by Crippen LogP contribution is -2.17. The van der Waals surface area contributed by atoms with Crippen LogP contribution in [0.5, 0.6) is 5.75 Å². The molecule has 0 radical (unpaired) electrons. The predicted octanol–water partition coefficient (Wildman–Crippen LogP) is 6.29. The lowest BCUT2D eigenvalue weighted by molar-refractivity contribution is 0.0731. The standard InChI is InChI=1S/C27H24O4/c1-17-10-15-21-22(16-17)30-24(18-8-6-5-7-9-18)25(23(21)28)31-26(29)19-11-13-20(14-12-19)27(2,3)4/h5-16H,1-4H3. The van der Waals surface area contributed by atoms with Crippen LogP contribution in [0, 0.1) is 6.92 Å². The highest BCUT2D eigenvalue weighted by Gasteiger charge is 2.22. The van der Waals surface area contributed by atoms with Crippen LogP contribution in [0.2, 0.25) is 0 Å². The second-order valence-corrected chi connectivity index (χ2v) is 8.67. The number of esters is 1. The minimum absolute atomic E-state index is 0.0273. The zero-order valence-electron chi connectivity index (χ0n) is 18.1. The molecule has 1 heterocycles. The Morgan fingerprint density at radius 1 is 0.903 bits per heavy atom. The smallest absolute Gasteiger partial charge is 0.343 e. The van der Waals surface area contributed by atoms with Gasteiger partial charge in [0, 0.05) is 5.56 Å². The molecule has 4 heteroatoms. The van der Waals surface area contributed by atoms with E-state index in [0.717, 1.165) is 11.1 Å². The van der Waals surface area contributed by atoms with Crippen molar-refractivity contribution in [1.29, 1.82) is 0 Å². The topological polar surface area (TPSA) is 56.5 Å². The first kappa shape index (κ1) is 20.6. The van der Waals surface area contributed by atoms with Crippen LogP contribution in [0.3, 0.4) is 0 Å². The number of carbonyl (C=O) groups is 1. The van der Waals surface area contributed by atoms with Gasteiger partial charge in [0.25, 0.3) is 0 Å². The fourth-order valence-electron chi connectivity index (χ4n) is 3.41.